The molecule has 0 radical (unpaired) electrons. The minimum Gasteiger partial charge on any atom is -0.497 e. The van der Waals surface area contributed by atoms with Crippen LogP contribution in [0.25, 0.3) is 22.4 Å². The van der Waals surface area contributed by atoms with Crippen molar-refractivity contribution in [1.82, 2.24) is 10.2 Å². The molecule has 1 heterocycles. The van der Waals surface area contributed by atoms with Crippen molar-refractivity contribution in [3.8, 4) is 28.1 Å². The minimum absolute atomic E-state index is 0.822. The maximum Gasteiger partial charge on any atom is 0.149 e. The first-order chi connectivity index (χ1) is 13.3. The van der Waals surface area contributed by atoms with E-state index >= 15 is 0 Å². The van der Waals surface area contributed by atoms with Crippen molar-refractivity contribution in [2.24, 2.45) is 0 Å². The van der Waals surface area contributed by atoms with Crippen molar-refractivity contribution < 1.29 is 4.74 Å². The fourth-order valence-electron chi connectivity index (χ4n) is 3.05. The van der Waals surface area contributed by atoms with E-state index in [0.29, 0.717) is 0 Å². The number of ether oxygens (including phenoxy) is 1. The zero-order chi connectivity index (χ0) is 18.9. The molecule has 140 valence electrons. The van der Waals surface area contributed by atoms with Crippen LogP contribution in [0.5, 0.6) is 5.75 Å². The molecule has 0 aliphatic carbocycles. The fourth-order valence-corrected chi connectivity index (χ4v) is 3.05. The van der Waals surface area contributed by atoms with Gasteiger partial charge in [0.1, 0.15) is 17.3 Å². The van der Waals surface area contributed by atoms with Crippen LogP contribution in [0.4, 0.5) is 5.82 Å². The van der Waals surface area contributed by atoms with Crippen molar-refractivity contribution in [1.29, 1.82) is 0 Å². The Bertz CT molecular complexity index is 832. The average molecular weight is 361 g/mol. The SMILES string of the molecule is CCCCCCNc1cc(-c2ccccc2)c(-c2ccc(OC)cc2)nn1. The number of unbranched alkanes of at least 4 members (excludes halogenated alkanes) is 3. The van der Waals surface area contributed by atoms with Gasteiger partial charge in [0.05, 0.1) is 7.11 Å². The molecule has 0 bridgehead atoms. The standard InChI is InChI=1S/C23H27N3O/c1-3-4-5-9-16-24-22-17-21(18-10-7-6-8-11-18)23(26-25-22)19-12-14-20(27-2)15-13-19/h6-8,10-15,17H,3-5,9,16H2,1-2H3,(H,24,25). The smallest absolute Gasteiger partial charge is 0.149 e. The molecule has 1 aromatic heterocycles. The second-order valence-electron chi connectivity index (χ2n) is 6.57. The lowest BCUT2D eigenvalue weighted by Crippen LogP contribution is -2.05. The van der Waals surface area contributed by atoms with E-state index in [9.17, 15) is 0 Å². The number of hydrogen-bond donors (Lipinski definition) is 1. The summed E-state index contributed by atoms with van der Waals surface area (Å²) in [7, 11) is 1.67. The summed E-state index contributed by atoms with van der Waals surface area (Å²) >= 11 is 0. The molecule has 0 amide bonds. The number of nitrogens with one attached hydrogen (secondary N) is 1. The van der Waals surface area contributed by atoms with Gasteiger partial charge in [-0.3, -0.25) is 0 Å². The molecule has 0 aliphatic heterocycles. The maximum atomic E-state index is 5.27. The molecule has 0 saturated heterocycles. The normalized spacial score (nSPS) is 10.6. The molecule has 4 nitrogen and oxygen atoms in total. The molecule has 0 atom stereocenters. The molecule has 2 aromatic carbocycles. The number of hydrogen-bond acceptors (Lipinski definition) is 4. The fraction of sp³-hybridized carbons (Fsp3) is 0.304. The van der Waals surface area contributed by atoms with E-state index in [1.54, 1.807) is 7.11 Å². The summed E-state index contributed by atoms with van der Waals surface area (Å²) in [5, 5.41) is 12.4. The van der Waals surface area contributed by atoms with E-state index in [-0.39, 0.29) is 0 Å². The molecule has 0 spiro atoms. The van der Waals surface area contributed by atoms with E-state index in [1.165, 1.54) is 19.3 Å². The third-order valence-corrected chi connectivity index (χ3v) is 4.58. The predicted octanol–water partition coefficient (Wildman–Crippen LogP) is 5.81. The van der Waals surface area contributed by atoms with Gasteiger partial charge < -0.3 is 10.1 Å². The highest BCUT2D eigenvalue weighted by Gasteiger charge is 2.12. The number of methoxy groups -OCH3 is 1. The van der Waals surface area contributed by atoms with Gasteiger partial charge in [0.15, 0.2) is 0 Å². The Hall–Kier alpha value is -2.88. The molecule has 0 unspecified atom stereocenters. The van der Waals surface area contributed by atoms with E-state index in [0.717, 1.165) is 46.9 Å². The number of anilines is 1. The van der Waals surface area contributed by atoms with Crippen LogP contribution in [-0.4, -0.2) is 23.9 Å². The zero-order valence-electron chi connectivity index (χ0n) is 16.1. The largest absolute Gasteiger partial charge is 0.497 e. The topological polar surface area (TPSA) is 47.0 Å². The molecule has 1 N–H and O–H groups in total. The average Bonchev–Trinajstić information content (AvgIpc) is 2.74. The Morgan fingerprint density at radius 3 is 2.33 bits per heavy atom. The molecule has 3 aromatic rings. The van der Waals surface area contributed by atoms with Crippen LogP contribution in [-0.2, 0) is 0 Å². The monoisotopic (exact) mass is 361 g/mol. The number of nitrogens with zero attached hydrogens (tertiary/aromatic N) is 2. The number of rotatable bonds is 9. The van der Waals surface area contributed by atoms with Crippen molar-refractivity contribution >= 4 is 5.82 Å². The number of benzene rings is 2. The first kappa shape index (κ1) is 18.9. The Morgan fingerprint density at radius 2 is 1.63 bits per heavy atom. The molecule has 0 fully saturated rings. The third kappa shape index (κ3) is 5.07. The minimum atomic E-state index is 0.822. The van der Waals surface area contributed by atoms with Crippen LogP contribution in [0, 0.1) is 0 Å². The predicted molar refractivity (Wildman–Crippen MR) is 112 cm³/mol. The Balaban J connectivity index is 1.88. The van der Waals surface area contributed by atoms with Crippen molar-refractivity contribution in [2.75, 3.05) is 19.0 Å². The Morgan fingerprint density at radius 1 is 0.852 bits per heavy atom. The molecule has 4 heteroatoms. The van der Waals surface area contributed by atoms with Crippen LogP contribution in [0.3, 0.4) is 0 Å². The summed E-state index contributed by atoms with van der Waals surface area (Å²) < 4.78 is 5.27. The summed E-state index contributed by atoms with van der Waals surface area (Å²) in [5.74, 6) is 1.65. The molecule has 0 aliphatic rings. The molecule has 27 heavy (non-hydrogen) atoms. The number of aromatic nitrogens is 2. The summed E-state index contributed by atoms with van der Waals surface area (Å²) in [4.78, 5) is 0. The maximum absolute atomic E-state index is 5.27. The van der Waals surface area contributed by atoms with Crippen LogP contribution in [0.15, 0.2) is 60.7 Å². The molecular weight excluding hydrogens is 334 g/mol. The van der Waals surface area contributed by atoms with Gasteiger partial charge in [-0.15, -0.1) is 10.2 Å². The van der Waals surface area contributed by atoms with Gasteiger partial charge >= 0.3 is 0 Å². The lowest BCUT2D eigenvalue weighted by atomic mass is 10.00. The summed E-state index contributed by atoms with van der Waals surface area (Å²) in [6, 6.07) is 20.4. The van der Waals surface area contributed by atoms with Gasteiger partial charge in [-0.1, -0.05) is 56.5 Å². The first-order valence-corrected chi connectivity index (χ1v) is 9.63. The molecular formula is C23H27N3O. The van der Waals surface area contributed by atoms with Crippen LogP contribution >= 0.6 is 0 Å². The van der Waals surface area contributed by atoms with E-state index < -0.39 is 0 Å². The highest BCUT2D eigenvalue weighted by atomic mass is 16.5. The van der Waals surface area contributed by atoms with Crippen molar-refractivity contribution in [3.63, 3.8) is 0 Å². The molecule has 3 rings (SSSR count). The molecule has 0 saturated carbocycles. The van der Waals surface area contributed by atoms with E-state index in [4.69, 9.17) is 4.74 Å². The quantitative estimate of drug-likeness (QED) is 0.488. The summed E-state index contributed by atoms with van der Waals surface area (Å²) in [6.45, 7) is 3.15. The third-order valence-electron chi connectivity index (χ3n) is 4.58. The van der Waals surface area contributed by atoms with Crippen molar-refractivity contribution in [2.45, 2.75) is 32.6 Å². The van der Waals surface area contributed by atoms with Gasteiger partial charge in [-0.25, -0.2) is 0 Å². The lowest BCUT2D eigenvalue weighted by molar-refractivity contribution is 0.415. The second-order valence-corrected chi connectivity index (χ2v) is 6.57. The first-order valence-electron chi connectivity index (χ1n) is 9.63. The Labute approximate surface area is 161 Å². The van der Waals surface area contributed by atoms with Crippen LogP contribution < -0.4 is 10.1 Å². The van der Waals surface area contributed by atoms with Crippen molar-refractivity contribution in [3.05, 3.63) is 60.7 Å². The van der Waals surface area contributed by atoms with Gasteiger partial charge in [-0.05, 0) is 42.3 Å². The Kier molecular flexibility index (Phi) is 6.80. The highest BCUT2D eigenvalue weighted by Crippen LogP contribution is 2.32. The summed E-state index contributed by atoms with van der Waals surface area (Å²) in [6.07, 6.45) is 4.91. The van der Waals surface area contributed by atoms with Gasteiger partial charge in [0.2, 0.25) is 0 Å². The highest BCUT2D eigenvalue weighted by molar-refractivity contribution is 5.82. The van der Waals surface area contributed by atoms with Gasteiger partial charge in [0, 0.05) is 17.7 Å². The van der Waals surface area contributed by atoms with Crippen LogP contribution in [0.2, 0.25) is 0 Å². The van der Waals surface area contributed by atoms with E-state index in [1.807, 2.05) is 42.5 Å². The zero-order valence-corrected chi connectivity index (χ0v) is 16.1. The van der Waals surface area contributed by atoms with Gasteiger partial charge in [0.25, 0.3) is 0 Å². The second kappa shape index (κ2) is 9.72. The van der Waals surface area contributed by atoms with E-state index in [2.05, 4.69) is 40.6 Å². The lowest BCUT2D eigenvalue weighted by Gasteiger charge is -2.12. The van der Waals surface area contributed by atoms with Gasteiger partial charge in [-0.2, -0.15) is 0 Å². The summed E-state index contributed by atoms with van der Waals surface area (Å²) in [5.41, 5.74) is 4.11. The van der Waals surface area contributed by atoms with Crippen LogP contribution in [0.1, 0.15) is 32.6 Å².